The Labute approximate surface area is 125 Å². The number of carboxylic acid groups (broad SMARTS) is 1. The highest BCUT2D eigenvalue weighted by atomic mass is 19.1. The number of aliphatic carboxylic acids is 1. The van der Waals surface area contributed by atoms with Crippen LogP contribution in [0, 0.1) is 16.6 Å². The molecule has 4 heteroatoms. The van der Waals surface area contributed by atoms with Crippen LogP contribution in [0.4, 0.5) is 10.1 Å². The highest BCUT2D eigenvalue weighted by Gasteiger charge is 2.52. The van der Waals surface area contributed by atoms with Gasteiger partial charge in [-0.2, -0.15) is 0 Å². The van der Waals surface area contributed by atoms with Gasteiger partial charge in [-0.3, -0.25) is 0 Å². The van der Waals surface area contributed by atoms with Gasteiger partial charge >= 0.3 is 5.97 Å². The smallest absolute Gasteiger partial charge is 0.329 e. The van der Waals surface area contributed by atoms with Crippen LogP contribution in [0.5, 0.6) is 0 Å². The van der Waals surface area contributed by atoms with E-state index in [1.54, 1.807) is 12.1 Å². The van der Waals surface area contributed by atoms with Gasteiger partial charge in [-0.25, -0.2) is 9.18 Å². The van der Waals surface area contributed by atoms with Gasteiger partial charge in [0.1, 0.15) is 11.4 Å². The number of carbonyl (C=O) groups is 1. The van der Waals surface area contributed by atoms with Gasteiger partial charge in [0.2, 0.25) is 0 Å². The van der Waals surface area contributed by atoms with E-state index in [2.05, 4.69) is 33.0 Å². The van der Waals surface area contributed by atoms with Crippen molar-refractivity contribution in [3.63, 3.8) is 0 Å². The molecule has 0 saturated heterocycles. The summed E-state index contributed by atoms with van der Waals surface area (Å²) in [6, 6.07) is 6.00. The Morgan fingerprint density at radius 2 is 1.71 bits per heavy atom. The maximum atomic E-state index is 13.4. The Morgan fingerprint density at radius 1 is 1.14 bits per heavy atom. The molecule has 1 aromatic rings. The summed E-state index contributed by atoms with van der Waals surface area (Å²) in [5.41, 5.74) is -0.703. The molecule has 1 fully saturated rings. The Bertz CT molecular complexity index is 535. The molecular formula is C17H24FNO2. The van der Waals surface area contributed by atoms with Crippen LogP contribution < -0.4 is 5.32 Å². The Kier molecular flexibility index (Phi) is 3.77. The minimum atomic E-state index is -1.06. The number of benzene rings is 1. The molecule has 0 radical (unpaired) electrons. The first-order chi connectivity index (χ1) is 9.54. The second-order valence-electron chi connectivity index (χ2n) is 7.88. The standard InChI is InChI=1S/C17H24FNO2/c1-15(2)9-16(3,4)11-17(10-15,14(20)21)19-13-7-5-6-12(18)8-13/h5-8,19H,9-11H2,1-4H3,(H,20,21). The summed E-state index contributed by atoms with van der Waals surface area (Å²) in [7, 11) is 0. The molecule has 3 nitrogen and oxygen atoms in total. The van der Waals surface area contributed by atoms with Gasteiger partial charge in [-0.15, -0.1) is 0 Å². The van der Waals surface area contributed by atoms with Crippen LogP contribution in [-0.2, 0) is 4.79 Å². The van der Waals surface area contributed by atoms with Crippen molar-refractivity contribution < 1.29 is 14.3 Å². The van der Waals surface area contributed by atoms with Crippen molar-refractivity contribution in [3.8, 4) is 0 Å². The molecule has 2 N–H and O–H groups in total. The number of carboxylic acids is 1. The first-order valence-corrected chi connectivity index (χ1v) is 7.31. The normalized spacial score (nSPS) is 22.5. The fourth-order valence-corrected chi connectivity index (χ4v) is 4.25. The molecule has 1 aromatic carbocycles. The van der Waals surface area contributed by atoms with Crippen LogP contribution >= 0.6 is 0 Å². The Morgan fingerprint density at radius 3 is 2.19 bits per heavy atom. The first kappa shape index (κ1) is 15.8. The number of rotatable bonds is 3. The zero-order valence-electron chi connectivity index (χ0n) is 13.2. The van der Waals surface area contributed by atoms with E-state index in [9.17, 15) is 14.3 Å². The molecule has 0 atom stereocenters. The number of anilines is 1. The SMILES string of the molecule is CC1(C)CC(C)(C)CC(Nc2cccc(F)c2)(C(=O)O)C1. The highest BCUT2D eigenvalue weighted by molar-refractivity contribution is 5.83. The van der Waals surface area contributed by atoms with Gasteiger partial charge in [-0.05, 0) is 48.3 Å². The van der Waals surface area contributed by atoms with E-state index in [-0.39, 0.29) is 16.6 Å². The van der Waals surface area contributed by atoms with Crippen molar-refractivity contribution in [1.29, 1.82) is 0 Å². The molecular weight excluding hydrogens is 269 g/mol. The van der Waals surface area contributed by atoms with Crippen LogP contribution in [0.15, 0.2) is 24.3 Å². The molecule has 1 aliphatic carbocycles. The van der Waals surface area contributed by atoms with E-state index in [0.29, 0.717) is 18.5 Å². The third-order valence-electron chi connectivity index (χ3n) is 4.14. The topological polar surface area (TPSA) is 49.3 Å². The van der Waals surface area contributed by atoms with Crippen molar-refractivity contribution in [2.24, 2.45) is 10.8 Å². The molecule has 0 aromatic heterocycles. The molecule has 0 heterocycles. The van der Waals surface area contributed by atoms with Gasteiger partial charge in [0.15, 0.2) is 0 Å². The van der Waals surface area contributed by atoms with Crippen molar-refractivity contribution in [2.75, 3.05) is 5.32 Å². The summed E-state index contributed by atoms with van der Waals surface area (Å²) < 4.78 is 13.4. The van der Waals surface area contributed by atoms with Crippen LogP contribution in [0.1, 0.15) is 47.0 Å². The summed E-state index contributed by atoms with van der Waals surface area (Å²) in [5, 5.41) is 12.9. The minimum Gasteiger partial charge on any atom is -0.480 e. The summed E-state index contributed by atoms with van der Waals surface area (Å²) in [4.78, 5) is 12.0. The Balaban J connectivity index is 2.39. The monoisotopic (exact) mass is 293 g/mol. The van der Waals surface area contributed by atoms with E-state index >= 15 is 0 Å². The molecule has 0 aliphatic heterocycles. The molecule has 0 spiro atoms. The van der Waals surface area contributed by atoms with Gasteiger partial charge in [0.05, 0.1) is 0 Å². The number of halogens is 1. The second-order valence-corrected chi connectivity index (χ2v) is 7.88. The van der Waals surface area contributed by atoms with Crippen LogP contribution in [0.3, 0.4) is 0 Å². The lowest BCUT2D eigenvalue weighted by Crippen LogP contribution is -2.56. The summed E-state index contributed by atoms with van der Waals surface area (Å²) in [5.74, 6) is -1.23. The zero-order chi connectivity index (χ0) is 15.9. The number of hydrogen-bond acceptors (Lipinski definition) is 2. The predicted molar refractivity (Wildman–Crippen MR) is 81.8 cm³/mol. The van der Waals surface area contributed by atoms with E-state index in [1.807, 2.05) is 0 Å². The second kappa shape index (κ2) is 5.00. The number of nitrogens with one attached hydrogen (secondary N) is 1. The van der Waals surface area contributed by atoms with Crippen molar-refractivity contribution in [2.45, 2.75) is 52.5 Å². The van der Waals surface area contributed by atoms with Crippen molar-refractivity contribution in [3.05, 3.63) is 30.1 Å². The highest BCUT2D eigenvalue weighted by Crippen LogP contribution is 2.51. The lowest BCUT2D eigenvalue weighted by molar-refractivity contribution is -0.147. The lowest BCUT2D eigenvalue weighted by atomic mass is 9.58. The summed E-state index contributed by atoms with van der Waals surface area (Å²) in [6.07, 6.45) is 2.02. The zero-order valence-corrected chi connectivity index (χ0v) is 13.2. The average molecular weight is 293 g/mol. The molecule has 0 unspecified atom stereocenters. The van der Waals surface area contributed by atoms with Gasteiger partial charge in [0.25, 0.3) is 0 Å². The Hall–Kier alpha value is -1.58. The molecule has 0 bridgehead atoms. The predicted octanol–water partition coefficient (Wildman–Crippen LogP) is 4.30. The molecule has 1 aliphatic rings. The molecule has 116 valence electrons. The molecule has 21 heavy (non-hydrogen) atoms. The van der Waals surface area contributed by atoms with E-state index in [4.69, 9.17) is 0 Å². The van der Waals surface area contributed by atoms with Crippen molar-refractivity contribution in [1.82, 2.24) is 0 Å². The van der Waals surface area contributed by atoms with Gasteiger partial charge < -0.3 is 10.4 Å². The molecule has 1 saturated carbocycles. The van der Waals surface area contributed by atoms with E-state index in [0.717, 1.165) is 6.42 Å². The van der Waals surface area contributed by atoms with Crippen LogP contribution in [0.25, 0.3) is 0 Å². The fourth-order valence-electron chi connectivity index (χ4n) is 4.25. The average Bonchev–Trinajstić information content (AvgIpc) is 2.23. The largest absolute Gasteiger partial charge is 0.480 e. The summed E-state index contributed by atoms with van der Waals surface area (Å²) >= 11 is 0. The third-order valence-corrected chi connectivity index (χ3v) is 4.14. The van der Waals surface area contributed by atoms with Crippen molar-refractivity contribution >= 4 is 11.7 Å². The molecule has 0 amide bonds. The maximum absolute atomic E-state index is 13.4. The third kappa shape index (κ3) is 3.55. The minimum absolute atomic E-state index is 0.0829. The maximum Gasteiger partial charge on any atom is 0.329 e. The number of hydrogen-bond donors (Lipinski definition) is 2. The lowest BCUT2D eigenvalue weighted by Gasteiger charge is -2.50. The first-order valence-electron chi connectivity index (χ1n) is 7.31. The quantitative estimate of drug-likeness (QED) is 0.873. The van der Waals surface area contributed by atoms with Gasteiger partial charge in [-0.1, -0.05) is 33.8 Å². The van der Waals surface area contributed by atoms with Crippen LogP contribution in [-0.4, -0.2) is 16.6 Å². The summed E-state index contributed by atoms with van der Waals surface area (Å²) in [6.45, 7) is 8.38. The fraction of sp³-hybridized carbons (Fsp3) is 0.588. The molecule has 2 rings (SSSR count). The van der Waals surface area contributed by atoms with E-state index < -0.39 is 11.5 Å². The van der Waals surface area contributed by atoms with E-state index in [1.165, 1.54) is 12.1 Å². The van der Waals surface area contributed by atoms with Gasteiger partial charge in [0, 0.05) is 5.69 Å². The van der Waals surface area contributed by atoms with Crippen LogP contribution in [0.2, 0.25) is 0 Å².